The van der Waals surface area contributed by atoms with Crippen LogP contribution in [0.4, 0.5) is 0 Å². The van der Waals surface area contributed by atoms with Crippen molar-refractivity contribution in [2.75, 3.05) is 6.61 Å². The molecule has 2 N–H and O–H groups in total. The number of nitrogens with two attached hydrogens (primary N) is 1. The number of hydrogen-bond acceptors (Lipinski definition) is 1. The van der Waals surface area contributed by atoms with Gasteiger partial charge in [0.25, 0.3) is 0 Å². The number of carbonyl (C=O) groups excluding carboxylic acids is 1. The zero-order chi connectivity index (χ0) is 6.57. The molecule has 1 atom stereocenters. The molecule has 0 aliphatic rings. The first-order valence-corrected chi connectivity index (χ1v) is 2.59. The molecule has 3 heteroatoms. The lowest BCUT2D eigenvalue weighted by molar-refractivity contribution is -0.123. The van der Waals surface area contributed by atoms with Crippen molar-refractivity contribution in [1.29, 1.82) is 0 Å². The molecule has 1 unspecified atom stereocenters. The van der Waals surface area contributed by atoms with Gasteiger partial charge in [-0.15, -0.1) is 0 Å². The van der Waals surface area contributed by atoms with Crippen LogP contribution in [0, 0.1) is 5.92 Å². The molecular weight excluding hydrogens is 106 g/mol. The van der Waals surface area contributed by atoms with Crippen molar-refractivity contribution in [3.63, 3.8) is 0 Å². The molecule has 0 fully saturated rings. The fraction of sp³-hybridized carbons (Fsp3) is 0.800. The minimum Gasteiger partial charge on any atom is -0.369 e. The molecule has 0 spiro atoms. The summed E-state index contributed by atoms with van der Waals surface area (Å²) >= 11 is 0. The minimum atomic E-state index is -0.484. The zero-order valence-electron chi connectivity index (χ0n) is 4.89. The molecule has 47 valence electrons. The molecule has 0 heterocycles. The molecule has 0 bridgehead atoms. The van der Waals surface area contributed by atoms with Crippen LogP contribution in [-0.2, 0) is 9.90 Å². The second kappa shape index (κ2) is 3.43. The van der Waals surface area contributed by atoms with E-state index in [0.717, 1.165) is 0 Å². The summed E-state index contributed by atoms with van der Waals surface area (Å²) in [7, 11) is 0. The van der Waals surface area contributed by atoms with Crippen LogP contribution in [0.25, 0.3) is 0 Å². The normalized spacial score (nSPS) is 13.2. The van der Waals surface area contributed by atoms with Crippen LogP contribution in [0.5, 0.6) is 0 Å². The maximum absolute atomic E-state index is 10.2. The number of carbonyl (C=O) groups is 1. The zero-order valence-corrected chi connectivity index (χ0v) is 4.89. The molecular formula is C5H10NO2. The van der Waals surface area contributed by atoms with Crippen LogP contribution in [-0.4, -0.2) is 12.5 Å². The maximum atomic E-state index is 10.2. The Hall–Kier alpha value is -0.570. The van der Waals surface area contributed by atoms with Crippen LogP contribution >= 0.6 is 0 Å². The highest BCUT2D eigenvalue weighted by molar-refractivity contribution is 5.76. The molecule has 0 aromatic carbocycles. The van der Waals surface area contributed by atoms with Crippen molar-refractivity contribution in [1.82, 2.24) is 0 Å². The van der Waals surface area contributed by atoms with Crippen molar-refractivity contribution in [2.24, 2.45) is 11.7 Å². The van der Waals surface area contributed by atoms with Crippen molar-refractivity contribution in [3.8, 4) is 0 Å². The molecule has 0 rings (SSSR count). The Balaban J connectivity index is 3.52. The molecule has 0 saturated heterocycles. The summed E-state index contributed by atoms with van der Waals surface area (Å²) in [6.45, 7) is 1.39. The Morgan fingerprint density at radius 2 is 2.25 bits per heavy atom. The van der Waals surface area contributed by atoms with Gasteiger partial charge in [0, 0.05) is 0 Å². The highest BCUT2D eigenvalue weighted by atomic mass is 16.3. The van der Waals surface area contributed by atoms with Gasteiger partial charge in [0.2, 0.25) is 5.91 Å². The van der Waals surface area contributed by atoms with E-state index in [4.69, 9.17) is 5.73 Å². The van der Waals surface area contributed by atoms with E-state index in [1.165, 1.54) is 0 Å². The van der Waals surface area contributed by atoms with Gasteiger partial charge in [-0.1, -0.05) is 6.92 Å². The van der Waals surface area contributed by atoms with Crippen LogP contribution in [0.2, 0.25) is 0 Å². The summed E-state index contributed by atoms with van der Waals surface area (Å²) in [6, 6.07) is 0. The van der Waals surface area contributed by atoms with Crippen molar-refractivity contribution >= 4 is 5.91 Å². The lowest BCUT2D eigenvalue weighted by atomic mass is 10.1. The topological polar surface area (TPSA) is 63.0 Å². The summed E-state index contributed by atoms with van der Waals surface area (Å²) in [5, 5.41) is 10.0. The minimum absolute atomic E-state index is 0.383. The average Bonchev–Trinajstić information content (AvgIpc) is 1.69. The number of amides is 1. The Morgan fingerprint density at radius 1 is 1.75 bits per heavy atom. The summed E-state index contributed by atoms with van der Waals surface area (Å²) in [6.07, 6.45) is 0.554. The summed E-state index contributed by atoms with van der Waals surface area (Å²) < 4.78 is 0. The van der Waals surface area contributed by atoms with Gasteiger partial charge >= 0.3 is 0 Å². The van der Waals surface area contributed by atoms with Gasteiger partial charge in [0.05, 0.1) is 12.5 Å². The molecule has 8 heavy (non-hydrogen) atoms. The Kier molecular flexibility index (Phi) is 3.19. The first-order valence-electron chi connectivity index (χ1n) is 2.59. The number of hydrogen-bond donors (Lipinski definition) is 1. The maximum Gasteiger partial charge on any atom is 0.222 e. The van der Waals surface area contributed by atoms with Gasteiger partial charge in [-0.25, -0.2) is 5.11 Å². The van der Waals surface area contributed by atoms with Crippen LogP contribution in [0.1, 0.15) is 13.3 Å². The highest BCUT2D eigenvalue weighted by Crippen LogP contribution is 1.97. The molecule has 0 aromatic heterocycles. The van der Waals surface area contributed by atoms with E-state index in [1.807, 2.05) is 0 Å². The lowest BCUT2D eigenvalue weighted by Gasteiger charge is -2.01. The molecule has 3 nitrogen and oxygen atoms in total. The third kappa shape index (κ3) is 1.93. The molecule has 0 aromatic rings. The fourth-order valence-corrected chi connectivity index (χ4v) is 0.401. The summed E-state index contributed by atoms with van der Waals surface area (Å²) in [5.74, 6) is -0.947. The van der Waals surface area contributed by atoms with Gasteiger partial charge < -0.3 is 5.73 Å². The van der Waals surface area contributed by atoms with E-state index < -0.39 is 11.8 Å². The predicted octanol–water partition coefficient (Wildman–Crippen LogP) is -0.0716. The third-order valence-electron chi connectivity index (χ3n) is 1.10. The van der Waals surface area contributed by atoms with Gasteiger partial charge in [-0.3, -0.25) is 4.79 Å². The van der Waals surface area contributed by atoms with E-state index in [0.29, 0.717) is 6.42 Å². The van der Waals surface area contributed by atoms with E-state index in [9.17, 15) is 9.90 Å². The molecule has 1 amide bonds. The van der Waals surface area contributed by atoms with E-state index in [1.54, 1.807) is 6.92 Å². The number of primary amides is 1. The standard InChI is InChI=1S/C5H10NO2/c1-2-4(3-7)5(6)8/h4H,2-3H2,1H3,(H2,6,8). The molecule has 0 aliphatic heterocycles. The van der Waals surface area contributed by atoms with Crippen LogP contribution in [0.15, 0.2) is 0 Å². The smallest absolute Gasteiger partial charge is 0.222 e. The highest BCUT2D eigenvalue weighted by Gasteiger charge is 2.10. The summed E-state index contributed by atoms with van der Waals surface area (Å²) in [5.41, 5.74) is 4.82. The Labute approximate surface area is 48.5 Å². The monoisotopic (exact) mass is 116 g/mol. The second-order valence-corrected chi connectivity index (χ2v) is 1.67. The van der Waals surface area contributed by atoms with Gasteiger partial charge in [0.15, 0.2) is 0 Å². The van der Waals surface area contributed by atoms with Crippen LogP contribution in [0.3, 0.4) is 0 Å². The van der Waals surface area contributed by atoms with Gasteiger partial charge in [-0.2, -0.15) is 0 Å². The van der Waals surface area contributed by atoms with Crippen molar-refractivity contribution < 1.29 is 9.90 Å². The first-order chi connectivity index (χ1) is 3.72. The SMILES string of the molecule is CCC(C[O])C(N)=O. The van der Waals surface area contributed by atoms with Crippen LogP contribution < -0.4 is 5.73 Å². The molecule has 0 aliphatic carbocycles. The predicted molar refractivity (Wildman–Crippen MR) is 28.5 cm³/mol. The first kappa shape index (κ1) is 7.43. The second-order valence-electron chi connectivity index (χ2n) is 1.67. The quantitative estimate of drug-likeness (QED) is 0.551. The van der Waals surface area contributed by atoms with E-state index in [2.05, 4.69) is 0 Å². The Morgan fingerprint density at radius 3 is 2.25 bits per heavy atom. The third-order valence-corrected chi connectivity index (χ3v) is 1.10. The van der Waals surface area contributed by atoms with E-state index >= 15 is 0 Å². The van der Waals surface area contributed by atoms with Gasteiger partial charge in [-0.05, 0) is 6.42 Å². The fourth-order valence-electron chi connectivity index (χ4n) is 0.401. The summed E-state index contributed by atoms with van der Waals surface area (Å²) in [4.78, 5) is 10.2. The van der Waals surface area contributed by atoms with Crippen molar-refractivity contribution in [2.45, 2.75) is 13.3 Å². The Bertz CT molecular complexity index is 78.5. The largest absolute Gasteiger partial charge is 0.369 e. The lowest BCUT2D eigenvalue weighted by Crippen LogP contribution is -2.24. The molecule has 1 radical (unpaired) electrons. The molecule has 0 saturated carbocycles. The average molecular weight is 116 g/mol. The van der Waals surface area contributed by atoms with Gasteiger partial charge in [0.1, 0.15) is 0 Å². The van der Waals surface area contributed by atoms with Crippen molar-refractivity contribution in [3.05, 3.63) is 0 Å². The number of rotatable bonds is 3. The van der Waals surface area contributed by atoms with E-state index in [-0.39, 0.29) is 6.61 Å².